The number of carbonyl (C=O) groups is 1. The Balaban J connectivity index is 1.71. The minimum atomic E-state index is -0.961. The highest BCUT2D eigenvalue weighted by Crippen LogP contribution is 2.50. The van der Waals surface area contributed by atoms with E-state index in [1.165, 1.54) is 23.3 Å². The van der Waals surface area contributed by atoms with Crippen LogP contribution in [0.15, 0.2) is 65.6 Å². The number of fused-ring (bicyclic) bond motifs is 1. The van der Waals surface area contributed by atoms with Crippen LogP contribution in [0, 0.1) is 17.7 Å². The number of thioether (sulfide) groups is 1. The van der Waals surface area contributed by atoms with Crippen LogP contribution in [0.2, 0.25) is 0 Å². The molecule has 0 saturated carbocycles. The molecule has 0 aromatic heterocycles. The van der Waals surface area contributed by atoms with E-state index >= 15 is 0 Å². The van der Waals surface area contributed by atoms with Crippen molar-refractivity contribution < 1.29 is 14.3 Å². The Hall–Kier alpha value is -3.07. The van der Waals surface area contributed by atoms with Crippen LogP contribution in [0.4, 0.5) is 4.39 Å². The summed E-state index contributed by atoms with van der Waals surface area (Å²) in [5, 5.41) is 11.1. The van der Waals surface area contributed by atoms with Gasteiger partial charge in [0.25, 0.3) is 0 Å². The van der Waals surface area contributed by atoms with E-state index in [4.69, 9.17) is 5.73 Å². The van der Waals surface area contributed by atoms with Crippen molar-refractivity contribution in [2.75, 3.05) is 0 Å². The van der Waals surface area contributed by atoms with Gasteiger partial charge in [-0.2, -0.15) is 0 Å². The van der Waals surface area contributed by atoms with Crippen LogP contribution in [0.1, 0.15) is 84.8 Å². The maximum absolute atomic E-state index is 13.4. The lowest BCUT2D eigenvalue weighted by atomic mass is 9.63. The van der Waals surface area contributed by atoms with E-state index in [2.05, 4.69) is 51.7 Å². The molecule has 4 rings (SSSR count). The molecule has 1 atom stereocenters. The topological polar surface area (TPSA) is 63.3 Å². The van der Waals surface area contributed by atoms with Crippen LogP contribution < -0.4 is 5.73 Å². The number of primary amides is 1. The molecule has 0 heterocycles. The lowest BCUT2D eigenvalue weighted by Gasteiger charge is -2.43. The zero-order valence-electron chi connectivity index (χ0n) is 21.2. The van der Waals surface area contributed by atoms with Crippen LogP contribution in [-0.4, -0.2) is 11.0 Å². The molecule has 36 heavy (non-hydrogen) atoms. The number of hydrogen-bond donors (Lipinski definition) is 2. The highest BCUT2D eigenvalue weighted by atomic mass is 32.2. The first-order valence-corrected chi connectivity index (χ1v) is 13.1. The number of hydrogen-bond acceptors (Lipinski definition) is 3. The van der Waals surface area contributed by atoms with Gasteiger partial charge < -0.3 is 10.8 Å². The number of halogens is 1. The van der Waals surface area contributed by atoms with Gasteiger partial charge in [0.1, 0.15) is 11.9 Å². The van der Waals surface area contributed by atoms with E-state index < -0.39 is 12.0 Å². The Kier molecular flexibility index (Phi) is 7.31. The van der Waals surface area contributed by atoms with E-state index in [0.717, 1.165) is 28.9 Å². The van der Waals surface area contributed by atoms with Crippen molar-refractivity contribution in [1.82, 2.24) is 0 Å². The molecule has 3 nitrogen and oxygen atoms in total. The molecule has 1 aliphatic carbocycles. The number of aliphatic hydroxyl groups is 1. The Bertz CT molecular complexity index is 1330. The Labute approximate surface area is 217 Å². The van der Waals surface area contributed by atoms with Gasteiger partial charge in [-0.15, -0.1) is 11.8 Å². The number of aliphatic hydroxyl groups excluding tert-OH is 1. The smallest absolute Gasteiger partial charge is 0.248 e. The van der Waals surface area contributed by atoms with Gasteiger partial charge in [-0.25, -0.2) is 4.39 Å². The Morgan fingerprint density at radius 3 is 2.31 bits per heavy atom. The van der Waals surface area contributed by atoms with Gasteiger partial charge >= 0.3 is 0 Å². The van der Waals surface area contributed by atoms with Gasteiger partial charge in [0, 0.05) is 21.8 Å². The summed E-state index contributed by atoms with van der Waals surface area (Å²) in [4.78, 5) is 12.4. The molecule has 1 aliphatic rings. The lowest BCUT2D eigenvalue weighted by molar-refractivity contribution is 0.1000. The number of rotatable bonds is 5. The fourth-order valence-corrected chi connectivity index (χ4v) is 5.98. The molecule has 0 saturated heterocycles. The van der Waals surface area contributed by atoms with E-state index in [0.29, 0.717) is 16.9 Å². The van der Waals surface area contributed by atoms with E-state index in [1.54, 1.807) is 36.0 Å². The number of nitrogens with two attached hydrogens (primary N) is 1. The van der Waals surface area contributed by atoms with Gasteiger partial charge in [0.05, 0.1) is 0 Å². The van der Waals surface area contributed by atoms with Gasteiger partial charge in [0.2, 0.25) is 5.91 Å². The van der Waals surface area contributed by atoms with Gasteiger partial charge in [-0.05, 0) is 88.4 Å². The first-order chi connectivity index (χ1) is 17.0. The molecule has 1 amide bonds. The maximum Gasteiger partial charge on any atom is 0.248 e. The summed E-state index contributed by atoms with van der Waals surface area (Å²) >= 11 is 1.72. The lowest BCUT2D eigenvalue weighted by Crippen LogP contribution is -2.34. The third kappa shape index (κ3) is 5.67. The summed E-state index contributed by atoms with van der Waals surface area (Å²) in [6, 6.07) is 17.5. The van der Waals surface area contributed by atoms with Crippen LogP contribution in [-0.2, 0) is 16.6 Å². The predicted octanol–water partition coefficient (Wildman–Crippen LogP) is 6.65. The normalized spacial score (nSPS) is 16.4. The maximum atomic E-state index is 13.4. The molecule has 3 aromatic rings. The molecule has 1 unspecified atom stereocenters. The first kappa shape index (κ1) is 26.0. The van der Waals surface area contributed by atoms with Crippen molar-refractivity contribution in [1.29, 1.82) is 0 Å². The molecule has 3 N–H and O–H groups in total. The molecule has 3 aromatic carbocycles. The number of carbonyl (C=O) groups excluding carboxylic acids is 1. The summed E-state index contributed by atoms with van der Waals surface area (Å²) in [5.74, 6) is 5.96. The summed E-state index contributed by atoms with van der Waals surface area (Å²) in [6.07, 6.45) is 1.18. The van der Waals surface area contributed by atoms with Crippen molar-refractivity contribution in [2.24, 2.45) is 5.73 Å². The Morgan fingerprint density at radius 1 is 1.03 bits per heavy atom. The van der Waals surface area contributed by atoms with Crippen molar-refractivity contribution in [2.45, 2.75) is 68.1 Å². The summed E-state index contributed by atoms with van der Waals surface area (Å²) < 4.78 is 13.4. The molecule has 0 bridgehead atoms. The third-order valence-electron chi connectivity index (χ3n) is 7.05. The average Bonchev–Trinajstić information content (AvgIpc) is 2.85. The van der Waals surface area contributed by atoms with Crippen LogP contribution in [0.25, 0.3) is 0 Å². The van der Waals surface area contributed by atoms with Crippen LogP contribution in [0.5, 0.6) is 0 Å². The zero-order valence-corrected chi connectivity index (χ0v) is 22.0. The predicted molar refractivity (Wildman–Crippen MR) is 144 cm³/mol. The Morgan fingerprint density at radius 2 is 1.67 bits per heavy atom. The first-order valence-electron chi connectivity index (χ1n) is 12.1. The zero-order chi connectivity index (χ0) is 26.1. The van der Waals surface area contributed by atoms with Crippen molar-refractivity contribution >= 4 is 17.7 Å². The van der Waals surface area contributed by atoms with E-state index in [1.807, 2.05) is 12.1 Å². The third-order valence-corrected chi connectivity index (χ3v) is 8.16. The molecular formula is C31H32FNO2S. The summed E-state index contributed by atoms with van der Waals surface area (Å²) in [5.41, 5.74) is 10.8. The standard InChI is InChI=1S/C31H32FNO2S/c1-30(2)15-16-31(3,4)28-25(30)17-23(18-27(28)36-19-21-7-12-24(32)13-8-21)26(34)14-9-20-5-10-22(11-6-20)29(33)35/h5-8,10-13,17-18,26,34H,15-16,19H2,1-4H3,(H2,33,35). The van der Waals surface area contributed by atoms with Crippen LogP contribution in [0.3, 0.4) is 0 Å². The minimum absolute atomic E-state index is 0.00726. The summed E-state index contributed by atoms with van der Waals surface area (Å²) in [7, 11) is 0. The molecule has 0 fully saturated rings. The molecular weight excluding hydrogens is 469 g/mol. The van der Waals surface area contributed by atoms with Crippen molar-refractivity contribution in [3.8, 4) is 11.8 Å². The highest BCUT2D eigenvalue weighted by molar-refractivity contribution is 7.98. The molecule has 0 aliphatic heterocycles. The second-order valence-corrected chi connectivity index (χ2v) is 11.8. The van der Waals surface area contributed by atoms with Gasteiger partial charge in [-0.3, -0.25) is 4.79 Å². The highest BCUT2D eigenvalue weighted by Gasteiger charge is 2.39. The molecule has 5 heteroatoms. The van der Waals surface area contributed by atoms with Crippen LogP contribution >= 0.6 is 11.8 Å². The van der Waals surface area contributed by atoms with E-state index in [-0.39, 0.29) is 16.6 Å². The average molecular weight is 502 g/mol. The second kappa shape index (κ2) is 10.1. The fourth-order valence-electron chi connectivity index (χ4n) is 4.72. The number of benzene rings is 3. The van der Waals surface area contributed by atoms with Gasteiger partial charge in [0.15, 0.2) is 0 Å². The molecule has 0 spiro atoms. The SMILES string of the molecule is CC1(C)CCC(C)(C)c2c(SCc3ccc(F)cc3)cc(C(O)C#Cc3ccc(C(N)=O)cc3)cc21. The largest absolute Gasteiger partial charge is 0.376 e. The summed E-state index contributed by atoms with van der Waals surface area (Å²) in [6.45, 7) is 9.10. The minimum Gasteiger partial charge on any atom is -0.376 e. The molecule has 0 radical (unpaired) electrons. The van der Waals surface area contributed by atoms with Crippen molar-refractivity contribution in [3.63, 3.8) is 0 Å². The van der Waals surface area contributed by atoms with Crippen molar-refractivity contribution in [3.05, 3.63) is 99.9 Å². The quantitative estimate of drug-likeness (QED) is 0.304. The fraction of sp³-hybridized carbons (Fsp3) is 0.323. The molecule has 186 valence electrons. The second-order valence-electron chi connectivity index (χ2n) is 10.7. The number of amides is 1. The van der Waals surface area contributed by atoms with E-state index in [9.17, 15) is 14.3 Å². The van der Waals surface area contributed by atoms with Gasteiger partial charge in [-0.1, -0.05) is 57.7 Å². The monoisotopic (exact) mass is 501 g/mol.